The average molecular weight is 273 g/mol. The molecule has 2 aromatic rings. The number of ketones is 1. The van der Waals surface area contributed by atoms with Gasteiger partial charge < -0.3 is 21.1 Å². The molecule has 2 rings (SSSR count). The number of aromatic hydroxyl groups is 3. The molecule has 2 aromatic carbocycles. The van der Waals surface area contributed by atoms with E-state index < -0.39 is 17.3 Å². The zero-order chi connectivity index (χ0) is 14.7. The Labute approximate surface area is 115 Å². The van der Waals surface area contributed by atoms with Gasteiger partial charge in [-0.2, -0.15) is 0 Å². The first-order valence-corrected chi connectivity index (χ1v) is 6.10. The van der Waals surface area contributed by atoms with E-state index in [4.69, 9.17) is 5.73 Å². The highest BCUT2D eigenvalue weighted by molar-refractivity contribution is 6.01. The number of Topliss-reactive ketones (excluding diaryl/α,β-unsaturated/α-hetero) is 1. The Morgan fingerprint density at radius 2 is 1.55 bits per heavy atom. The van der Waals surface area contributed by atoms with Crippen molar-refractivity contribution in [1.82, 2.24) is 0 Å². The molecule has 5 heteroatoms. The summed E-state index contributed by atoms with van der Waals surface area (Å²) in [5.74, 6) is -1.54. The molecule has 0 heterocycles. The summed E-state index contributed by atoms with van der Waals surface area (Å²) in [6.45, 7) is 0. The molecule has 0 amide bonds. The van der Waals surface area contributed by atoms with E-state index in [9.17, 15) is 20.1 Å². The molecule has 0 saturated heterocycles. The number of phenols is 3. The van der Waals surface area contributed by atoms with E-state index in [-0.39, 0.29) is 17.7 Å². The lowest BCUT2D eigenvalue weighted by atomic mass is 10.0. The van der Waals surface area contributed by atoms with Crippen LogP contribution in [0.15, 0.2) is 36.4 Å². The van der Waals surface area contributed by atoms with Crippen molar-refractivity contribution in [2.75, 3.05) is 5.73 Å². The van der Waals surface area contributed by atoms with E-state index in [1.165, 1.54) is 0 Å². The number of nitrogens with two attached hydrogens (primary N) is 1. The van der Waals surface area contributed by atoms with Gasteiger partial charge in [0.2, 0.25) is 0 Å². The van der Waals surface area contributed by atoms with Gasteiger partial charge >= 0.3 is 0 Å². The number of aryl methyl sites for hydroxylation is 1. The fourth-order valence-electron chi connectivity index (χ4n) is 1.95. The lowest BCUT2D eigenvalue weighted by molar-refractivity contribution is 0.0977. The van der Waals surface area contributed by atoms with Crippen LogP contribution in [0.5, 0.6) is 17.2 Å². The lowest BCUT2D eigenvalue weighted by Crippen LogP contribution is -2.02. The molecule has 0 aliphatic carbocycles. The number of phenolic OH excluding ortho intramolecular Hbond substituents is 3. The molecule has 0 bridgehead atoms. The van der Waals surface area contributed by atoms with Crippen LogP contribution in [0.2, 0.25) is 0 Å². The summed E-state index contributed by atoms with van der Waals surface area (Å²) in [5, 5.41) is 28.4. The zero-order valence-electron chi connectivity index (χ0n) is 10.7. The summed E-state index contributed by atoms with van der Waals surface area (Å²) in [7, 11) is 0. The van der Waals surface area contributed by atoms with Crippen molar-refractivity contribution >= 4 is 11.5 Å². The van der Waals surface area contributed by atoms with Gasteiger partial charge in [-0.3, -0.25) is 4.79 Å². The van der Waals surface area contributed by atoms with Gasteiger partial charge in [-0.15, -0.1) is 0 Å². The predicted molar refractivity (Wildman–Crippen MR) is 74.9 cm³/mol. The fraction of sp³-hybridized carbons (Fsp3) is 0.133. The molecular formula is C15H15NO4. The second-order valence-corrected chi connectivity index (χ2v) is 4.52. The van der Waals surface area contributed by atoms with Crippen LogP contribution in [0.4, 0.5) is 5.69 Å². The average Bonchev–Trinajstić information content (AvgIpc) is 2.37. The Hall–Kier alpha value is -2.69. The van der Waals surface area contributed by atoms with E-state index in [0.717, 1.165) is 17.7 Å². The number of hydrogen-bond donors (Lipinski definition) is 4. The summed E-state index contributed by atoms with van der Waals surface area (Å²) in [4.78, 5) is 12.0. The normalized spacial score (nSPS) is 10.4. The van der Waals surface area contributed by atoms with Gasteiger partial charge in [-0.25, -0.2) is 0 Å². The molecule has 0 aliphatic rings. The van der Waals surface area contributed by atoms with Crippen LogP contribution in [0.1, 0.15) is 22.3 Å². The van der Waals surface area contributed by atoms with Crippen LogP contribution < -0.4 is 5.73 Å². The Balaban J connectivity index is 2.11. The van der Waals surface area contributed by atoms with E-state index in [2.05, 4.69) is 0 Å². The van der Waals surface area contributed by atoms with Crippen LogP contribution in [0.3, 0.4) is 0 Å². The molecule has 5 N–H and O–H groups in total. The van der Waals surface area contributed by atoms with Crippen molar-refractivity contribution < 1.29 is 20.1 Å². The minimum atomic E-state index is -0.426. The third kappa shape index (κ3) is 3.00. The van der Waals surface area contributed by atoms with Crippen molar-refractivity contribution in [1.29, 1.82) is 0 Å². The molecule has 0 atom stereocenters. The quantitative estimate of drug-likeness (QED) is 0.505. The SMILES string of the molecule is Nc1ccc(CCC(=O)c2c(O)cc(O)cc2O)cc1. The highest BCUT2D eigenvalue weighted by Gasteiger charge is 2.17. The molecular weight excluding hydrogens is 258 g/mol. The Bertz CT molecular complexity index is 612. The first kappa shape index (κ1) is 13.7. The summed E-state index contributed by atoms with van der Waals surface area (Å²) < 4.78 is 0. The van der Waals surface area contributed by atoms with Crippen LogP contribution in [0.25, 0.3) is 0 Å². The van der Waals surface area contributed by atoms with E-state index in [1.807, 2.05) is 12.1 Å². The van der Waals surface area contributed by atoms with Crippen molar-refractivity contribution in [3.63, 3.8) is 0 Å². The highest BCUT2D eigenvalue weighted by atomic mass is 16.3. The lowest BCUT2D eigenvalue weighted by Gasteiger charge is -2.07. The molecule has 0 unspecified atom stereocenters. The number of carbonyl (C=O) groups excluding carboxylic acids is 1. The fourth-order valence-corrected chi connectivity index (χ4v) is 1.95. The van der Waals surface area contributed by atoms with Gasteiger partial charge in [0.1, 0.15) is 22.8 Å². The Morgan fingerprint density at radius 1 is 1.00 bits per heavy atom. The van der Waals surface area contributed by atoms with Crippen molar-refractivity contribution in [3.8, 4) is 17.2 Å². The number of rotatable bonds is 4. The van der Waals surface area contributed by atoms with E-state index >= 15 is 0 Å². The molecule has 0 fully saturated rings. The van der Waals surface area contributed by atoms with Crippen LogP contribution in [-0.2, 0) is 6.42 Å². The van der Waals surface area contributed by atoms with Gasteiger partial charge in [-0.05, 0) is 24.1 Å². The van der Waals surface area contributed by atoms with Gasteiger partial charge in [0.05, 0.1) is 0 Å². The topological polar surface area (TPSA) is 104 Å². The first-order valence-electron chi connectivity index (χ1n) is 6.10. The van der Waals surface area contributed by atoms with Crippen LogP contribution >= 0.6 is 0 Å². The zero-order valence-corrected chi connectivity index (χ0v) is 10.7. The number of carbonyl (C=O) groups is 1. The number of benzene rings is 2. The van der Waals surface area contributed by atoms with Crippen molar-refractivity contribution in [3.05, 3.63) is 47.5 Å². The molecule has 0 radical (unpaired) electrons. The Morgan fingerprint density at radius 3 is 2.10 bits per heavy atom. The maximum atomic E-state index is 12.0. The predicted octanol–water partition coefficient (Wildman–Crippen LogP) is 2.20. The number of anilines is 1. The minimum absolute atomic E-state index is 0.135. The number of nitrogen functional groups attached to an aromatic ring is 1. The van der Waals surface area contributed by atoms with Crippen LogP contribution in [0, 0.1) is 0 Å². The monoisotopic (exact) mass is 273 g/mol. The highest BCUT2D eigenvalue weighted by Crippen LogP contribution is 2.33. The summed E-state index contributed by atoms with van der Waals surface area (Å²) >= 11 is 0. The first-order chi connectivity index (χ1) is 9.47. The molecule has 0 spiro atoms. The molecule has 0 saturated carbocycles. The molecule has 0 aliphatic heterocycles. The van der Waals surface area contributed by atoms with Gasteiger partial charge in [-0.1, -0.05) is 12.1 Å². The maximum Gasteiger partial charge on any atom is 0.170 e. The molecule has 20 heavy (non-hydrogen) atoms. The smallest absolute Gasteiger partial charge is 0.170 e. The van der Waals surface area contributed by atoms with Crippen molar-refractivity contribution in [2.24, 2.45) is 0 Å². The third-order valence-corrected chi connectivity index (χ3v) is 2.98. The van der Waals surface area contributed by atoms with Gasteiger partial charge in [0, 0.05) is 24.2 Å². The van der Waals surface area contributed by atoms with Crippen LogP contribution in [-0.4, -0.2) is 21.1 Å². The third-order valence-electron chi connectivity index (χ3n) is 2.98. The summed E-state index contributed by atoms with van der Waals surface area (Å²) in [6.07, 6.45) is 0.606. The van der Waals surface area contributed by atoms with Gasteiger partial charge in [0.25, 0.3) is 0 Å². The van der Waals surface area contributed by atoms with Gasteiger partial charge in [0.15, 0.2) is 5.78 Å². The van der Waals surface area contributed by atoms with E-state index in [1.54, 1.807) is 12.1 Å². The standard InChI is InChI=1S/C15H15NO4/c16-10-4-1-9(2-5-10)3-6-12(18)15-13(19)7-11(17)8-14(15)20/h1-2,4-5,7-8,17,19-20H,3,6,16H2. The number of hydrogen-bond acceptors (Lipinski definition) is 5. The Kier molecular flexibility index (Phi) is 3.79. The minimum Gasteiger partial charge on any atom is -0.508 e. The van der Waals surface area contributed by atoms with Crippen molar-refractivity contribution in [2.45, 2.75) is 12.8 Å². The van der Waals surface area contributed by atoms with E-state index in [0.29, 0.717) is 12.1 Å². The molecule has 5 nitrogen and oxygen atoms in total. The largest absolute Gasteiger partial charge is 0.508 e. The molecule has 0 aromatic heterocycles. The molecule has 104 valence electrons. The second-order valence-electron chi connectivity index (χ2n) is 4.52. The second kappa shape index (κ2) is 5.52. The summed E-state index contributed by atoms with van der Waals surface area (Å²) in [5.41, 5.74) is 6.99. The summed E-state index contributed by atoms with van der Waals surface area (Å²) in [6, 6.07) is 9.18. The maximum absolute atomic E-state index is 12.0.